The highest BCUT2D eigenvalue weighted by Crippen LogP contribution is 2.14. The summed E-state index contributed by atoms with van der Waals surface area (Å²) < 4.78 is 13.7. The van der Waals surface area contributed by atoms with Gasteiger partial charge in [-0.3, -0.25) is 0 Å². The first-order valence-electron chi connectivity index (χ1n) is 6.91. The van der Waals surface area contributed by atoms with Gasteiger partial charge in [-0.2, -0.15) is 0 Å². The predicted molar refractivity (Wildman–Crippen MR) is 72.0 cm³/mol. The zero-order chi connectivity index (χ0) is 13.7. The van der Waals surface area contributed by atoms with Gasteiger partial charge >= 0.3 is 5.97 Å². The van der Waals surface area contributed by atoms with E-state index in [1.54, 1.807) is 6.07 Å². The van der Waals surface area contributed by atoms with E-state index < -0.39 is 11.8 Å². The summed E-state index contributed by atoms with van der Waals surface area (Å²) in [5.41, 5.74) is 0.624. The molecular formula is C15H20FNO2. The van der Waals surface area contributed by atoms with Gasteiger partial charge in [0.05, 0.1) is 5.56 Å². The number of aryl methyl sites for hydroxylation is 1. The molecule has 1 fully saturated rings. The van der Waals surface area contributed by atoms with Crippen LogP contribution in [-0.2, 0) is 6.42 Å². The van der Waals surface area contributed by atoms with E-state index >= 15 is 0 Å². The highest BCUT2D eigenvalue weighted by Gasteiger charge is 2.11. The second kappa shape index (κ2) is 6.66. The van der Waals surface area contributed by atoms with Crippen molar-refractivity contribution in [3.63, 3.8) is 0 Å². The van der Waals surface area contributed by atoms with Crippen molar-refractivity contribution in [1.82, 2.24) is 4.90 Å². The number of carboxylic acids is 1. The lowest BCUT2D eigenvalue weighted by Gasteiger charge is -2.26. The highest BCUT2D eigenvalue weighted by molar-refractivity contribution is 5.87. The Bertz CT molecular complexity index is 442. The Morgan fingerprint density at radius 1 is 1.26 bits per heavy atom. The molecule has 0 radical (unpaired) electrons. The molecule has 4 heteroatoms. The number of rotatable bonds is 5. The minimum Gasteiger partial charge on any atom is -0.478 e. The van der Waals surface area contributed by atoms with Gasteiger partial charge in [0.15, 0.2) is 0 Å². The number of halogens is 1. The maximum atomic E-state index is 13.7. The van der Waals surface area contributed by atoms with Crippen molar-refractivity contribution in [3.05, 3.63) is 35.1 Å². The van der Waals surface area contributed by atoms with Crippen molar-refractivity contribution in [2.24, 2.45) is 0 Å². The molecule has 1 saturated heterocycles. The van der Waals surface area contributed by atoms with E-state index in [9.17, 15) is 9.18 Å². The molecule has 0 saturated carbocycles. The minimum atomic E-state index is -1.08. The summed E-state index contributed by atoms with van der Waals surface area (Å²) in [5, 5.41) is 8.77. The lowest BCUT2D eigenvalue weighted by molar-refractivity contribution is 0.0696. The molecule has 19 heavy (non-hydrogen) atoms. The first-order chi connectivity index (χ1) is 9.16. The number of hydrogen-bond donors (Lipinski definition) is 1. The SMILES string of the molecule is O=C(O)c1ccc(CCCN2CCCCC2)c(F)c1. The molecule has 3 nitrogen and oxygen atoms in total. The lowest BCUT2D eigenvalue weighted by Crippen LogP contribution is -2.30. The normalized spacial score (nSPS) is 16.5. The van der Waals surface area contributed by atoms with Crippen LogP contribution in [0.1, 0.15) is 41.6 Å². The summed E-state index contributed by atoms with van der Waals surface area (Å²) in [4.78, 5) is 13.1. The van der Waals surface area contributed by atoms with Crippen LogP contribution in [0.3, 0.4) is 0 Å². The van der Waals surface area contributed by atoms with E-state index in [-0.39, 0.29) is 5.56 Å². The van der Waals surface area contributed by atoms with Crippen LogP contribution in [0.15, 0.2) is 18.2 Å². The Kier molecular flexibility index (Phi) is 4.91. The fraction of sp³-hybridized carbons (Fsp3) is 0.533. The van der Waals surface area contributed by atoms with E-state index in [1.165, 1.54) is 25.3 Å². The van der Waals surface area contributed by atoms with Gasteiger partial charge in [-0.1, -0.05) is 12.5 Å². The number of piperidine rings is 1. The number of aromatic carboxylic acids is 1. The molecular weight excluding hydrogens is 245 g/mol. The van der Waals surface area contributed by atoms with Crippen LogP contribution < -0.4 is 0 Å². The van der Waals surface area contributed by atoms with Crippen LogP contribution in [0.5, 0.6) is 0 Å². The molecule has 0 amide bonds. The maximum absolute atomic E-state index is 13.7. The van der Waals surface area contributed by atoms with Gasteiger partial charge in [0, 0.05) is 0 Å². The van der Waals surface area contributed by atoms with Gasteiger partial charge in [0.1, 0.15) is 5.82 Å². The summed E-state index contributed by atoms with van der Waals surface area (Å²) in [6, 6.07) is 4.18. The number of hydrogen-bond acceptors (Lipinski definition) is 2. The summed E-state index contributed by atoms with van der Waals surface area (Å²) in [6.45, 7) is 3.31. The van der Waals surface area contributed by atoms with Crippen molar-refractivity contribution in [1.29, 1.82) is 0 Å². The zero-order valence-electron chi connectivity index (χ0n) is 11.1. The highest BCUT2D eigenvalue weighted by atomic mass is 19.1. The summed E-state index contributed by atoms with van der Waals surface area (Å²) in [7, 11) is 0. The van der Waals surface area contributed by atoms with E-state index in [0.717, 1.165) is 32.1 Å². The second-order valence-corrected chi connectivity index (χ2v) is 5.12. The van der Waals surface area contributed by atoms with Gasteiger partial charge < -0.3 is 10.0 Å². The van der Waals surface area contributed by atoms with E-state index in [2.05, 4.69) is 4.90 Å². The average Bonchev–Trinajstić information content (AvgIpc) is 2.41. The second-order valence-electron chi connectivity index (χ2n) is 5.12. The molecule has 0 unspecified atom stereocenters. The number of benzene rings is 1. The number of likely N-dealkylation sites (tertiary alicyclic amines) is 1. The lowest BCUT2D eigenvalue weighted by atomic mass is 10.1. The Hall–Kier alpha value is -1.42. The Morgan fingerprint density at radius 2 is 2.00 bits per heavy atom. The topological polar surface area (TPSA) is 40.5 Å². The Balaban J connectivity index is 1.83. The first kappa shape index (κ1) is 14.0. The number of nitrogens with zero attached hydrogens (tertiary/aromatic N) is 1. The third-order valence-electron chi connectivity index (χ3n) is 3.67. The average molecular weight is 265 g/mol. The molecule has 0 spiro atoms. The molecule has 0 atom stereocenters. The van der Waals surface area contributed by atoms with Crippen LogP contribution in [0.25, 0.3) is 0 Å². The largest absolute Gasteiger partial charge is 0.478 e. The summed E-state index contributed by atoms with van der Waals surface area (Å²) in [5.74, 6) is -1.49. The standard InChI is InChI=1S/C15H20FNO2/c16-14-11-13(15(18)19)7-6-12(14)5-4-10-17-8-2-1-3-9-17/h6-7,11H,1-5,8-10H2,(H,18,19). The zero-order valence-corrected chi connectivity index (χ0v) is 11.1. The molecule has 0 aromatic heterocycles. The van der Waals surface area contributed by atoms with Crippen LogP contribution in [-0.4, -0.2) is 35.6 Å². The molecule has 1 heterocycles. The van der Waals surface area contributed by atoms with Crippen molar-refractivity contribution in [3.8, 4) is 0 Å². The van der Waals surface area contributed by atoms with E-state index in [4.69, 9.17) is 5.11 Å². The third kappa shape index (κ3) is 4.03. The first-order valence-corrected chi connectivity index (χ1v) is 6.91. The van der Waals surface area contributed by atoms with Gasteiger partial charge in [0.25, 0.3) is 0 Å². The van der Waals surface area contributed by atoms with Crippen LogP contribution in [0.2, 0.25) is 0 Å². The number of carboxylic acid groups (broad SMARTS) is 1. The van der Waals surface area contributed by atoms with Crippen molar-refractivity contribution >= 4 is 5.97 Å². The molecule has 1 aliphatic rings. The fourth-order valence-corrected chi connectivity index (χ4v) is 2.56. The fourth-order valence-electron chi connectivity index (χ4n) is 2.56. The van der Waals surface area contributed by atoms with Gasteiger partial charge in [-0.05, 0) is 63.0 Å². The molecule has 0 aliphatic carbocycles. The Morgan fingerprint density at radius 3 is 2.63 bits per heavy atom. The monoisotopic (exact) mass is 265 g/mol. The quantitative estimate of drug-likeness (QED) is 0.890. The van der Waals surface area contributed by atoms with Crippen LogP contribution >= 0.6 is 0 Å². The molecule has 104 valence electrons. The summed E-state index contributed by atoms with van der Waals surface area (Å²) in [6.07, 6.45) is 5.44. The third-order valence-corrected chi connectivity index (χ3v) is 3.67. The van der Waals surface area contributed by atoms with Gasteiger partial charge in [0.2, 0.25) is 0 Å². The minimum absolute atomic E-state index is 0.0114. The number of carbonyl (C=O) groups is 1. The molecule has 0 bridgehead atoms. The predicted octanol–water partition coefficient (Wildman–Crippen LogP) is 2.94. The van der Waals surface area contributed by atoms with Crippen molar-refractivity contribution in [2.45, 2.75) is 32.1 Å². The van der Waals surface area contributed by atoms with Gasteiger partial charge in [-0.25, -0.2) is 9.18 Å². The summed E-state index contributed by atoms with van der Waals surface area (Å²) >= 11 is 0. The van der Waals surface area contributed by atoms with Crippen LogP contribution in [0.4, 0.5) is 4.39 Å². The smallest absolute Gasteiger partial charge is 0.335 e. The van der Waals surface area contributed by atoms with E-state index in [1.807, 2.05) is 0 Å². The van der Waals surface area contributed by atoms with Crippen LogP contribution in [0, 0.1) is 5.82 Å². The van der Waals surface area contributed by atoms with Crippen molar-refractivity contribution < 1.29 is 14.3 Å². The molecule has 1 N–H and O–H groups in total. The van der Waals surface area contributed by atoms with E-state index in [0.29, 0.717) is 12.0 Å². The Labute approximate surface area is 113 Å². The molecule has 1 aromatic rings. The molecule has 2 rings (SSSR count). The molecule has 1 aliphatic heterocycles. The maximum Gasteiger partial charge on any atom is 0.335 e. The molecule has 1 aromatic carbocycles. The van der Waals surface area contributed by atoms with Gasteiger partial charge in [-0.15, -0.1) is 0 Å². The van der Waals surface area contributed by atoms with Crippen molar-refractivity contribution in [2.75, 3.05) is 19.6 Å².